The van der Waals surface area contributed by atoms with Gasteiger partial charge in [-0.25, -0.2) is 9.07 Å². The minimum absolute atomic E-state index is 0.0717. The molecule has 142 valence electrons. The molecule has 1 aliphatic rings. The Labute approximate surface area is 165 Å². The molecule has 2 heterocycles. The van der Waals surface area contributed by atoms with Gasteiger partial charge >= 0.3 is 0 Å². The van der Waals surface area contributed by atoms with Gasteiger partial charge in [0.05, 0.1) is 17.8 Å². The Hall–Kier alpha value is -3.19. The molecule has 0 saturated heterocycles. The van der Waals surface area contributed by atoms with E-state index < -0.39 is 17.8 Å². The smallest absolute Gasteiger partial charge is 0.251 e. The summed E-state index contributed by atoms with van der Waals surface area (Å²) in [4.78, 5) is 24.8. The van der Waals surface area contributed by atoms with Crippen molar-refractivity contribution < 1.29 is 14.0 Å². The van der Waals surface area contributed by atoms with Crippen molar-refractivity contribution in [1.82, 2.24) is 9.78 Å². The third kappa shape index (κ3) is 3.25. The molecule has 1 atom stereocenters. The van der Waals surface area contributed by atoms with Crippen molar-refractivity contribution >= 4 is 34.9 Å². The van der Waals surface area contributed by atoms with Gasteiger partial charge in [-0.1, -0.05) is 35.9 Å². The fraction of sp³-hybridized carbons (Fsp3) is 0.150. The number of para-hydroxylation sites is 1. The molecule has 2 aromatic carbocycles. The number of benzene rings is 2. The van der Waals surface area contributed by atoms with Crippen molar-refractivity contribution in [3.05, 3.63) is 65.1 Å². The second kappa shape index (κ2) is 7.09. The van der Waals surface area contributed by atoms with E-state index >= 15 is 0 Å². The Kier molecular flexibility index (Phi) is 4.60. The second-order valence-electron chi connectivity index (χ2n) is 6.50. The number of aromatic nitrogens is 2. The Bertz CT molecular complexity index is 1100. The Morgan fingerprint density at radius 1 is 1.29 bits per heavy atom. The van der Waals surface area contributed by atoms with Crippen molar-refractivity contribution in [1.29, 1.82) is 0 Å². The van der Waals surface area contributed by atoms with E-state index in [9.17, 15) is 14.0 Å². The first-order valence-electron chi connectivity index (χ1n) is 8.64. The van der Waals surface area contributed by atoms with Crippen LogP contribution in [0.2, 0.25) is 5.02 Å². The third-order valence-electron chi connectivity index (χ3n) is 4.56. The van der Waals surface area contributed by atoms with Crippen LogP contribution in [0, 0.1) is 12.7 Å². The monoisotopic (exact) mass is 398 g/mol. The number of rotatable bonds is 4. The summed E-state index contributed by atoms with van der Waals surface area (Å²) in [5, 5.41) is 10.3. The summed E-state index contributed by atoms with van der Waals surface area (Å²) in [6.07, 6.45) is -0.163. The maximum absolute atomic E-state index is 13.7. The highest BCUT2D eigenvalue weighted by Gasteiger charge is 2.36. The number of carbonyl (C=O) groups excluding carboxylic acids is 2. The van der Waals surface area contributed by atoms with Gasteiger partial charge in [-0.2, -0.15) is 5.10 Å². The van der Waals surface area contributed by atoms with Crippen LogP contribution in [0.15, 0.2) is 48.5 Å². The molecule has 0 saturated carbocycles. The highest BCUT2D eigenvalue weighted by Crippen LogP contribution is 2.38. The van der Waals surface area contributed by atoms with Crippen LogP contribution < -0.4 is 10.6 Å². The Morgan fingerprint density at radius 3 is 2.82 bits per heavy atom. The van der Waals surface area contributed by atoms with Gasteiger partial charge < -0.3 is 10.6 Å². The summed E-state index contributed by atoms with van der Waals surface area (Å²) in [7, 11) is 0. The molecular weight excluding hydrogens is 383 g/mol. The van der Waals surface area contributed by atoms with E-state index in [2.05, 4.69) is 15.7 Å². The fourth-order valence-corrected chi connectivity index (χ4v) is 3.50. The lowest BCUT2D eigenvalue weighted by molar-refractivity contribution is -0.123. The Balaban J connectivity index is 1.60. The van der Waals surface area contributed by atoms with Crippen LogP contribution in [-0.4, -0.2) is 21.6 Å². The molecule has 8 heteroatoms. The van der Waals surface area contributed by atoms with E-state index in [0.717, 1.165) is 11.1 Å². The van der Waals surface area contributed by atoms with Gasteiger partial charge in [-0.15, -0.1) is 0 Å². The van der Waals surface area contributed by atoms with Crippen LogP contribution in [0.25, 0.3) is 11.1 Å². The van der Waals surface area contributed by atoms with Gasteiger partial charge in [0.25, 0.3) is 5.91 Å². The van der Waals surface area contributed by atoms with E-state index in [-0.39, 0.29) is 18.0 Å². The third-order valence-corrected chi connectivity index (χ3v) is 4.80. The zero-order valence-electron chi connectivity index (χ0n) is 14.9. The number of hydrogen-bond acceptors (Lipinski definition) is 3. The molecule has 2 N–H and O–H groups in total. The molecule has 3 aromatic rings. The van der Waals surface area contributed by atoms with Gasteiger partial charge in [0, 0.05) is 10.6 Å². The first-order chi connectivity index (χ1) is 13.4. The number of nitrogens with one attached hydrogen (secondary N) is 2. The van der Waals surface area contributed by atoms with Crippen molar-refractivity contribution in [2.45, 2.75) is 19.4 Å². The highest BCUT2D eigenvalue weighted by molar-refractivity contribution is 6.30. The molecular formula is C20H16ClFN4O2. The van der Waals surface area contributed by atoms with Gasteiger partial charge in [0.1, 0.15) is 17.7 Å². The minimum Gasteiger partial charge on any atom is -0.324 e. The van der Waals surface area contributed by atoms with Gasteiger partial charge in [-0.05, 0) is 36.8 Å². The number of hydrogen-bond donors (Lipinski definition) is 2. The molecule has 2 amide bonds. The SMILES string of the molecule is Cc1nn2c(c1-c1cccc(Cl)c1)NC(=O)C2CC(=O)Nc1ccccc1F. The number of fused-ring (bicyclic) bond motifs is 1. The molecule has 0 fully saturated rings. The van der Waals surface area contributed by atoms with Crippen LogP contribution in [0.3, 0.4) is 0 Å². The molecule has 1 aromatic heterocycles. The van der Waals surface area contributed by atoms with E-state index in [1.54, 1.807) is 18.2 Å². The molecule has 1 aliphatic heterocycles. The zero-order valence-corrected chi connectivity index (χ0v) is 15.6. The average Bonchev–Trinajstić information content (AvgIpc) is 3.11. The van der Waals surface area contributed by atoms with E-state index in [0.29, 0.717) is 16.5 Å². The normalized spacial score (nSPS) is 15.2. The Morgan fingerprint density at radius 2 is 2.07 bits per heavy atom. The van der Waals surface area contributed by atoms with Crippen LogP contribution in [-0.2, 0) is 9.59 Å². The molecule has 0 aliphatic carbocycles. The molecule has 4 rings (SSSR count). The summed E-state index contributed by atoms with van der Waals surface area (Å²) in [6.45, 7) is 1.82. The van der Waals surface area contributed by atoms with Crippen LogP contribution >= 0.6 is 11.6 Å². The topological polar surface area (TPSA) is 76.0 Å². The van der Waals surface area contributed by atoms with Gasteiger partial charge in [0.2, 0.25) is 5.91 Å². The number of halogens is 2. The zero-order chi connectivity index (χ0) is 19.8. The molecule has 28 heavy (non-hydrogen) atoms. The summed E-state index contributed by atoms with van der Waals surface area (Å²) >= 11 is 6.08. The number of aryl methyl sites for hydroxylation is 1. The minimum atomic E-state index is -0.812. The standard InChI is InChI=1S/C20H16ClFN4O2/c1-11-18(12-5-4-6-13(21)9-12)19-24-20(28)16(26(19)25-11)10-17(27)23-15-8-3-2-7-14(15)22/h2-9,16H,10H2,1H3,(H,23,27)(H,24,28). The lowest BCUT2D eigenvalue weighted by atomic mass is 10.1. The predicted octanol–water partition coefficient (Wildman–Crippen LogP) is 4.17. The molecule has 0 bridgehead atoms. The van der Waals surface area contributed by atoms with Crippen LogP contribution in [0.1, 0.15) is 18.2 Å². The number of amides is 2. The van der Waals surface area contributed by atoms with Crippen LogP contribution in [0.5, 0.6) is 0 Å². The lowest BCUT2D eigenvalue weighted by Gasteiger charge is -2.10. The molecule has 0 spiro atoms. The molecule has 0 radical (unpaired) electrons. The van der Waals surface area contributed by atoms with Crippen molar-refractivity contribution in [2.75, 3.05) is 10.6 Å². The predicted molar refractivity (Wildman–Crippen MR) is 105 cm³/mol. The summed E-state index contributed by atoms with van der Waals surface area (Å²) in [5.41, 5.74) is 2.36. The summed E-state index contributed by atoms with van der Waals surface area (Å²) in [6, 6.07) is 12.3. The number of anilines is 2. The van der Waals surface area contributed by atoms with Crippen molar-refractivity contribution in [2.24, 2.45) is 0 Å². The molecule has 6 nitrogen and oxygen atoms in total. The lowest BCUT2D eigenvalue weighted by Crippen LogP contribution is -2.24. The van der Waals surface area contributed by atoms with E-state index in [1.807, 2.05) is 19.1 Å². The van der Waals surface area contributed by atoms with Crippen molar-refractivity contribution in [3.8, 4) is 11.1 Å². The second-order valence-corrected chi connectivity index (χ2v) is 6.94. The summed E-state index contributed by atoms with van der Waals surface area (Å²) < 4.78 is 15.2. The first-order valence-corrected chi connectivity index (χ1v) is 9.02. The maximum atomic E-state index is 13.7. The highest BCUT2D eigenvalue weighted by atomic mass is 35.5. The van der Waals surface area contributed by atoms with Crippen LogP contribution in [0.4, 0.5) is 15.9 Å². The average molecular weight is 399 g/mol. The largest absolute Gasteiger partial charge is 0.324 e. The van der Waals surface area contributed by atoms with Gasteiger partial charge in [0.15, 0.2) is 0 Å². The van der Waals surface area contributed by atoms with E-state index in [4.69, 9.17) is 11.6 Å². The van der Waals surface area contributed by atoms with Gasteiger partial charge in [-0.3, -0.25) is 9.59 Å². The maximum Gasteiger partial charge on any atom is 0.251 e. The summed E-state index contributed by atoms with van der Waals surface area (Å²) in [5.74, 6) is -0.830. The number of carbonyl (C=O) groups is 2. The number of nitrogens with zero attached hydrogens (tertiary/aromatic N) is 2. The molecule has 1 unspecified atom stereocenters. The first kappa shape index (κ1) is 18.2. The fourth-order valence-electron chi connectivity index (χ4n) is 3.31. The quantitative estimate of drug-likeness (QED) is 0.692. The van der Waals surface area contributed by atoms with Crippen molar-refractivity contribution in [3.63, 3.8) is 0 Å². The van der Waals surface area contributed by atoms with E-state index in [1.165, 1.54) is 22.9 Å².